The van der Waals surface area contributed by atoms with Gasteiger partial charge in [0.05, 0.1) is 11.7 Å². The van der Waals surface area contributed by atoms with Crippen LogP contribution in [0.1, 0.15) is 24.5 Å². The zero-order valence-corrected chi connectivity index (χ0v) is 10.2. The lowest BCUT2D eigenvalue weighted by molar-refractivity contribution is 0.505. The van der Waals surface area contributed by atoms with Gasteiger partial charge in [0, 0.05) is 38.6 Å². The first-order valence-electron chi connectivity index (χ1n) is 5.70. The van der Waals surface area contributed by atoms with Crippen molar-refractivity contribution in [1.29, 1.82) is 0 Å². The lowest BCUT2D eigenvalue weighted by atomic mass is 10.1. The molecule has 1 unspecified atom stereocenters. The normalized spacial score (nSPS) is 12.9. The highest BCUT2D eigenvalue weighted by Gasteiger charge is 2.15. The van der Waals surface area contributed by atoms with E-state index in [2.05, 4.69) is 27.0 Å². The molecule has 0 aliphatic carbocycles. The van der Waals surface area contributed by atoms with Gasteiger partial charge in [0.15, 0.2) is 0 Å². The first-order chi connectivity index (χ1) is 8.24. The summed E-state index contributed by atoms with van der Waals surface area (Å²) in [6.45, 7) is 3.01. The van der Waals surface area contributed by atoms with Crippen molar-refractivity contribution < 1.29 is 0 Å². The molecule has 0 saturated heterocycles. The second-order valence-corrected chi connectivity index (χ2v) is 3.97. The number of rotatable bonds is 5. The van der Waals surface area contributed by atoms with Crippen LogP contribution in [0.5, 0.6) is 0 Å². The fraction of sp³-hybridized carbons (Fsp3) is 0.455. The van der Waals surface area contributed by atoms with Crippen LogP contribution < -0.4 is 11.3 Å². The molecular weight excluding hydrogens is 216 g/mol. The van der Waals surface area contributed by atoms with Crippen molar-refractivity contribution in [3.63, 3.8) is 0 Å². The Balaban J connectivity index is 2.15. The summed E-state index contributed by atoms with van der Waals surface area (Å²) in [7, 11) is 1.89. The van der Waals surface area contributed by atoms with Crippen molar-refractivity contribution in [3.05, 3.63) is 36.2 Å². The SMILES string of the molecule is CCn1ccnc1CC(NN)c1ccn(C)n1. The van der Waals surface area contributed by atoms with Crippen LogP contribution in [0.2, 0.25) is 0 Å². The standard InChI is InChI=1S/C11H18N6/c1-3-17-7-5-13-11(17)8-10(14-12)9-4-6-16(2)15-9/h4-7,10,14H,3,8,12H2,1-2H3. The Bertz CT molecular complexity index is 472. The summed E-state index contributed by atoms with van der Waals surface area (Å²) < 4.78 is 3.87. The van der Waals surface area contributed by atoms with Crippen LogP contribution in [0.4, 0.5) is 0 Å². The van der Waals surface area contributed by atoms with Gasteiger partial charge < -0.3 is 4.57 Å². The molecule has 0 aliphatic rings. The fourth-order valence-electron chi connectivity index (χ4n) is 1.87. The van der Waals surface area contributed by atoms with Crippen molar-refractivity contribution >= 4 is 0 Å². The van der Waals surface area contributed by atoms with E-state index in [1.165, 1.54) is 0 Å². The maximum absolute atomic E-state index is 5.59. The summed E-state index contributed by atoms with van der Waals surface area (Å²) in [5, 5.41) is 4.36. The fourth-order valence-corrected chi connectivity index (χ4v) is 1.87. The molecule has 0 radical (unpaired) electrons. The van der Waals surface area contributed by atoms with Crippen LogP contribution in [0, 0.1) is 0 Å². The molecule has 3 N–H and O–H groups in total. The summed E-state index contributed by atoms with van der Waals surface area (Å²) in [5.74, 6) is 6.60. The van der Waals surface area contributed by atoms with Gasteiger partial charge in [0.2, 0.25) is 0 Å². The number of nitrogens with zero attached hydrogens (tertiary/aromatic N) is 4. The molecule has 17 heavy (non-hydrogen) atoms. The average Bonchev–Trinajstić information content (AvgIpc) is 2.94. The first kappa shape index (κ1) is 11.8. The third-order valence-corrected chi connectivity index (χ3v) is 2.82. The number of nitrogens with two attached hydrogens (primary N) is 1. The summed E-state index contributed by atoms with van der Waals surface area (Å²) in [6.07, 6.45) is 6.42. The number of hydrogen-bond acceptors (Lipinski definition) is 4. The van der Waals surface area contributed by atoms with Crippen LogP contribution in [-0.2, 0) is 20.0 Å². The molecular formula is C11H18N6. The van der Waals surface area contributed by atoms with E-state index in [1.54, 1.807) is 4.68 Å². The smallest absolute Gasteiger partial charge is 0.110 e. The monoisotopic (exact) mass is 234 g/mol. The van der Waals surface area contributed by atoms with Crippen LogP contribution in [0.3, 0.4) is 0 Å². The zero-order valence-electron chi connectivity index (χ0n) is 10.2. The Morgan fingerprint density at radius 3 is 2.88 bits per heavy atom. The zero-order chi connectivity index (χ0) is 12.3. The summed E-state index contributed by atoms with van der Waals surface area (Å²) in [4.78, 5) is 4.34. The van der Waals surface area contributed by atoms with Crippen molar-refractivity contribution in [2.24, 2.45) is 12.9 Å². The number of nitrogens with one attached hydrogen (secondary N) is 1. The third kappa shape index (κ3) is 2.54. The van der Waals surface area contributed by atoms with Gasteiger partial charge in [0.1, 0.15) is 5.82 Å². The van der Waals surface area contributed by atoms with Crippen LogP contribution in [0.25, 0.3) is 0 Å². The molecule has 0 spiro atoms. The minimum atomic E-state index is -0.0103. The third-order valence-electron chi connectivity index (χ3n) is 2.82. The minimum Gasteiger partial charge on any atom is -0.335 e. The molecule has 0 amide bonds. The Kier molecular flexibility index (Phi) is 3.55. The van der Waals surface area contributed by atoms with Gasteiger partial charge in [0.25, 0.3) is 0 Å². The predicted molar refractivity (Wildman–Crippen MR) is 64.9 cm³/mol. The molecule has 0 aliphatic heterocycles. The van der Waals surface area contributed by atoms with Crippen molar-refractivity contribution in [2.45, 2.75) is 25.9 Å². The molecule has 0 saturated carbocycles. The van der Waals surface area contributed by atoms with Crippen molar-refractivity contribution in [3.8, 4) is 0 Å². The van der Waals surface area contributed by atoms with E-state index in [-0.39, 0.29) is 6.04 Å². The molecule has 0 fully saturated rings. The predicted octanol–water partition coefficient (Wildman–Crippen LogP) is 0.384. The Morgan fingerprint density at radius 2 is 2.29 bits per heavy atom. The minimum absolute atomic E-state index is 0.0103. The highest BCUT2D eigenvalue weighted by atomic mass is 15.3. The van der Waals surface area contributed by atoms with E-state index >= 15 is 0 Å². The first-order valence-corrected chi connectivity index (χ1v) is 5.70. The van der Waals surface area contributed by atoms with Gasteiger partial charge in [-0.3, -0.25) is 16.0 Å². The van der Waals surface area contributed by atoms with Crippen LogP contribution in [0.15, 0.2) is 24.7 Å². The molecule has 0 aromatic carbocycles. The van der Waals surface area contributed by atoms with E-state index in [9.17, 15) is 0 Å². The maximum atomic E-state index is 5.59. The van der Waals surface area contributed by atoms with Crippen molar-refractivity contribution in [2.75, 3.05) is 0 Å². The highest BCUT2D eigenvalue weighted by Crippen LogP contribution is 2.14. The quantitative estimate of drug-likeness (QED) is 0.579. The van der Waals surface area contributed by atoms with Gasteiger partial charge in [-0.2, -0.15) is 5.10 Å². The molecule has 2 rings (SSSR count). The Labute approximate surface area is 100 Å². The lowest BCUT2D eigenvalue weighted by Gasteiger charge is -2.13. The second kappa shape index (κ2) is 5.11. The number of aryl methyl sites for hydroxylation is 2. The van der Waals surface area contributed by atoms with Crippen LogP contribution >= 0.6 is 0 Å². The van der Waals surface area contributed by atoms with E-state index in [0.717, 1.165) is 24.5 Å². The number of aromatic nitrogens is 4. The average molecular weight is 234 g/mol. The Hall–Kier alpha value is -1.66. The second-order valence-electron chi connectivity index (χ2n) is 3.97. The maximum Gasteiger partial charge on any atom is 0.110 e. The molecule has 6 heteroatoms. The van der Waals surface area contributed by atoms with Gasteiger partial charge in [-0.05, 0) is 13.0 Å². The molecule has 92 valence electrons. The Morgan fingerprint density at radius 1 is 1.47 bits per heavy atom. The van der Waals surface area contributed by atoms with Gasteiger partial charge >= 0.3 is 0 Å². The summed E-state index contributed by atoms with van der Waals surface area (Å²) in [5.41, 5.74) is 3.72. The van der Waals surface area contributed by atoms with Gasteiger partial charge in [-0.25, -0.2) is 4.98 Å². The number of imidazole rings is 1. The molecule has 2 aromatic rings. The van der Waals surface area contributed by atoms with Gasteiger partial charge in [-0.15, -0.1) is 0 Å². The van der Waals surface area contributed by atoms with E-state index < -0.39 is 0 Å². The summed E-state index contributed by atoms with van der Waals surface area (Å²) >= 11 is 0. The highest BCUT2D eigenvalue weighted by molar-refractivity contribution is 5.08. The van der Waals surface area contributed by atoms with E-state index in [0.29, 0.717) is 0 Å². The molecule has 6 nitrogen and oxygen atoms in total. The van der Waals surface area contributed by atoms with E-state index in [4.69, 9.17) is 5.84 Å². The topological polar surface area (TPSA) is 73.7 Å². The lowest BCUT2D eigenvalue weighted by Crippen LogP contribution is -2.30. The molecule has 2 heterocycles. The van der Waals surface area contributed by atoms with Crippen LogP contribution in [-0.4, -0.2) is 19.3 Å². The van der Waals surface area contributed by atoms with E-state index in [1.807, 2.05) is 31.7 Å². The number of hydrazine groups is 1. The molecule has 2 aromatic heterocycles. The van der Waals surface area contributed by atoms with Crippen molar-refractivity contribution in [1.82, 2.24) is 24.8 Å². The largest absolute Gasteiger partial charge is 0.335 e. The van der Waals surface area contributed by atoms with Gasteiger partial charge in [-0.1, -0.05) is 0 Å². The summed E-state index contributed by atoms with van der Waals surface area (Å²) in [6, 6.07) is 1.95. The number of hydrogen-bond donors (Lipinski definition) is 2. The molecule has 0 bridgehead atoms. The molecule has 1 atom stereocenters.